The van der Waals surface area contributed by atoms with Gasteiger partial charge in [-0.3, -0.25) is 0 Å². The summed E-state index contributed by atoms with van der Waals surface area (Å²) in [6, 6.07) is 2.01. The molecule has 0 saturated carbocycles. The summed E-state index contributed by atoms with van der Waals surface area (Å²) < 4.78 is 23.8. The maximum atomic E-state index is 13.4. The number of rotatable bonds is 7. The second-order valence-electron chi connectivity index (χ2n) is 3.64. The van der Waals surface area contributed by atoms with Crippen LogP contribution in [0.5, 0.6) is 5.75 Å². The lowest BCUT2D eigenvalue weighted by molar-refractivity contribution is 0.0691. The van der Waals surface area contributed by atoms with Crippen LogP contribution in [0.2, 0.25) is 0 Å². The molecule has 5 nitrogen and oxygen atoms in total. The van der Waals surface area contributed by atoms with E-state index in [1.54, 1.807) is 0 Å². The van der Waals surface area contributed by atoms with Crippen LogP contribution in [0.4, 0.5) is 10.1 Å². The van der Waals surface area contributed by atoms with Crippen LogP contribution in [0.15, 0.2) is 12.1 Å². The lowest BCUT2D eigenvalue weighted by atomic mass is 10.2. The number of nitrogens with two attached hydrogens (primary N) is 1. The summed E-state index contributed by atoms with van der Waals surface area (Å²) in [4.78, 5) is 10.7. The van der Waals surface area contributed by atoms with Crippen LogP contribution in [0.25, 0.3) is 0 Å². The number of hydrogen-bond acceptors (Lipinski definition) is 4. The van der Waals surface area contributed by atoms with Crippen molar-refractivity contribution >= 4 is 11.7 Å². The fourth-order valence-corrected chi connectivity index (χ4v) is 1.32. The molecule has 0 spiro atoms. The molecule has 3 N–H and O–H groups in total. The number of ether oxygens (including phenoxy) is 2. The van der Waals surface area contributed by atoms with E-state index in [1.807, 2.05) is 6.92 Å². The van der Waals surface area contributed by atoms with E-state index in [-0.39, 0.29) is 18.0 Å². The Hall–Kier alpha value is -1.82. The molecule has 0 heterocycles. The summed E-state index contributed by atoms with van der Waals surface area (Å²) in [6.07, 6.45) is 0.907. The van der Waals surface area contributed by atoms with E-state index in [2.05, 4.69) is 0 Å². The van der Waals surface area contributed by atoms with Crippen LogP contribution in [0, 0.1) is 5.82 Å². The fourth-order valence-electron chi connectivity index (χ4n) is 1.32. The molecule has 100 valence electrons. The highest BCUT2D eigenvalue weighted by molar-refractivity contribution is 5.89. The van der Waals surface area contributed by atoms with Gasteiger partial charge in [0.25, 0.3) is 0 Å². The molecule has 0 aliphatic rings. The van der Waals surface area contributed by atoms with Gasteiger partial charge in [0.05, 0.1) is 17.9 Å². The molecule has 1 rings (SSSR count). The van der Waals surface area contributed by atoms with E-state index in [4.69, 9.17) is 20.3 Å². The summed E-state index contributed by atoms with van der Waals surface area (Å²) in [5, 5.41) is 8.70. The van der Waals surface area contributed by atoms with Crippen LogP contribution in [-0.4, -0.2) is 30.9 Å². The number of carboxylic acids is 1. The highest BCUT2D eigenvalue weighted by atomic mass is 19.1. The Labute approximate surface area is 104 Å². The number of carbonyl (C=O) groups is 1. The summed E-state index contributed by atoms with van der Waals surface area (Å²) in [5.41, 5.74) is 5.19. The smallest absolute Gasteiger partial charge is 0.338 e. The number of nitrogen functional groups attached to an aromatic ring is 1. The largest absolute Gasteiger partial charge is 0.489 e. The molecule has 0 aliphatic carbocycles. The molecule has 0 atom stereocenters. The van der Waals surface area contributed by atoms with Gasteiger partial charge in [-0.1, -0.05) is 6.92 Å². The summed E-state index contributed by atoms with van der Waals surface area (Å²) >= 11 is 0. The molecule has 1 aromatic carbocycles. The first-order chi connectivity index (χ1) is 8.56. The first-order valence-electron chi connectivity index (χ1n) is 5.59. The molecule has 0 amide bonds. The fraction of sp³-hybridized carbons (Fsp3) is 0.417. The second kappa shape index (κ2) is 6.80. The SMILES string of the molecule is CCCOCCOc1cc(F)c(C(=O)O)cc1N. The number of halogens is 1. The molecule has 0 saturated heterocycles. The van der Waals surface area contributed by atoms with Crippen molar-refractivity contribution in [3.63, 3.8) is 0 Å². The molecular formula is C12H16FNO4. The molecule has 6 heteroatoms. The first kappa shape index (κ1) is 14.2. The minimum Gasteiger partial charge on any atom is -0.489 e. The predicted molar refractivity (Wildman–Crippen MR) is 64.4 cm³/mol. The van der Waals surface area contributed by atoms with Gasteiger partial charge in [0.1, 0.15) is 18.2 Å². The lowest BCUT2D eigenvalue weighted by Gasteiger charge is -2.10. The highest BCUT2D eigenvalue weighted by Gasteiger charge is 2.14. The maximum Gasteiger partial charge on any atom is 0.338 e. The van der Waals surface area contributed by atoms with E-state index in [0.717, 1.165) is 18.6 Å². The summed E-state index contributed by atoms with van der Waals surface area (Å²) in [7, 11) is 0. The van der Waals surface area contributed by atoms with Crippen molar-refractivity contribution in [3.8, 4) is 5.75 Å². The van der Waals surface area contributed by atoms with E-state index < -0.39 is 17.3 Å². The molecule has 0 aliphatic heterocycles. The van der Waals surface area contributed by atoms with Crippen molar-refractivity contribution in [2.45, 2.75) is 13.3 Å². The Balaban J connectivity index is 2.62. The monoisotopic (exact) mass is 257 g/mol. The van der Waals surface area contributed by atoms with Crippen molar-refractivity contribution in [2.75, 3.05) is 25.6 Å². The van der Waals surface area contributed by atoms with Crippen LogP contribution in [0.1, 0.15) is 23.7 Å². The highest BCUT2D eigenvalue weighted by Crippen LogP contribution is 2.25. The van der Waals surface area contributed by atoms with E-state index in [1.165, 1.54) is 0 Å². The van der Waals surface area contributed by atoms with Crippen LogP contribution in [-0.2, 0) is 4.74 Å². The van der Waals surface area contributed by atoms with E-state index in [0.29, 0.717) is 13.2 Å². The normalized spacial score (nSPS) is 10.3. The van der Waals surface area contributed by atoms with Gasteiger partial charge in [-0.2, -0.15) is 0 Å². The number of benzene rings is 1. The third-order valence-electron chi connectivity index (χ3n) is 2.16. The zero-order valence-electron chi connectivity index (χ0n) is 10.1. The number of aromatic carboxylic acids is 1. The van der Waals surface area contributed by atoms with Crippen LogP contribution in [0.3, 0.4) is 0 Å². The Bertz CT molecular complexity index is 423. The number of anilines is 1. The molecule has 1 aromatic rings. The minimum atomic E-state index is -1.36. The maximum absolute atomic E-state index is 13.4. The molecule has 0 fully saturated rings. The van der Waals surface area contributed by atoms with Gasteiger partial charge in [-0.15, -0.1) is 0 Å². The van der Waals surface area contributed by atoms with E-state index >= 15 is 0 Å². The molecule has 0 unspecified atom stereocenters. The number of carboxylic acid groups (broad SMARTS) is 1. The molecule has 0 radical (unpaired) electrons. The van der Waals surface area contributed by atoms with Gasteiger partial charge >= 0.3 is 5.97 Å². The topological polar surface area (TPSA) is 81.8 Å². The van der Waals surface area contributed by atoms with Gasteiger partial charge in [-0.25, -0.2) is 9.18 Å². The van der Waals surface area contributed by atoms with Crippen molar-refractivity contribution in [1.29, 1.82) is 0 Å². The second-order valence-corrected chi connectivity index (χ2v) is 3.64. The van der Waals surface area contributed by atoms with Crippen molar-refractivity contribution in [3.05, 3.63) is 23.5 Å². The van der Waals surface area contributed by atoms with E-state index in [9.17, 15) is 9.18 Å². The molecule has 0 bridgehead atoms. The third kappa shape index (κ3) is 3.89. The summed E-state index contributed by atoms with van der Waals surface area (Å²) in [6.45, 7) is 3.22. The zero-order chi connectivity index (χ0) is 13.5. The third-order valence-corrected chi connectivity index (χ3v) is 2.16. The first-order valence-corrected chi connectivity index (χ1v) is 5.59. The van der Waals surface area contributed by atoms with Gasteiger partial charge in [-0.05, 0) is 12.5 Å². The lowest BCUT2D eigenvalue weighted by Crippen LogP contribution is -2.10. The van der Waals surface area contributed by atoms with Gasteiger partial charge in [0, 0.05) is 12.7 Å². The Morgan fingerprint density at radius 3 is 2.72 bits per heavy atom. The molecular weight excluding hydrogens is 241 g/mol. The minimum absolute atomic E-state index is 0.0873. The average molecular weight is 257 g/mol. The van der Waals surface area contributed by atoms with Crippen molar-refractivity contribution in [2.24, 2.45) is 0 Å². The summed E-state index contributed by atoms with van der Waals surface area (Å²) in [5.74, 6) is -2.11. The Morgan fingerprint density at radius 1 is 1.39 bits per heavy atom. The Kier molecular flexibility index (Phi) is 5.38. The standard InChI is InChI=1S/C12H16FNO4/c1-2-3-17-4-5-18-11-7-9(13)8(12(15)16)6-10(11)14/h6-7H,2-5,14H2,1H3,(H,15,16). The molecule has 18 heavy (non-hydrogen) atoms. The zero-order valence-corrected chi connectivity index (χ0v) is 10.1. The average Bonchev–Trinajstić information content (AvgIpc) is 2.32. The van der Waals surface area contributed by atoms with Crippen LogP contribution >= 0.6 is 0 Å². The predicted octanol–water partition coefficient (Wildman–Crippen LogP) is 1.91. The molecule has 0 aromatic heterocycles. The van der Waals surface area contributed by atoms with Crippen molar-refractivity contribution < 1.29 is 23.8 Å². The quantitative estimate of drug-likeness (QED) is 0.576. The number of hydrogen-bond donors (Lipinski definition) is 2. The Morgan fingerprint density at radius 2 is 2.11 bits per heavy atom. The van der Waals surface area contributed by atoms with Gasteiger partial charge in [0.2, 0.25) is 0 Å². The van der Waals surface area contributed by atoms with Gasteiger partial charge < -0.3 is 20.3 Å². The van der Waals surface area contributed by atoms with Gasteiger partial charge in [0.15, 0.2) is 0 Å². The van der Waals surface area contributed by atoms with Crippen molar-refractivity contribution in [1.82, 2.24) is 0 Å². The van der Waals surface area contributed by atoms with Crippen LogP contribution < -0.4 is 10.5 Å².